The van der Waals surface area contributed by atoms with E-state index in [-0.39, 0.29) is 0 Å². The van der Waals surface area contributed by atoms with Gasteiger partial charge in [-0.15, -0.1) is 0 Å². The topological polar surface area (TPSA) is 34.2 Å². The van der Waals surface area contributed by atoms with E-state index in [1.54, 1.807) is 7.11 Å². The maximum atomic E-state index is 5.87. The van der Waals surface area contributed by atoms with E-state index in [9.17, 15) is 0 Å². The molecule has 0 atom stereocenters. The largest absolute Gasteiger partial charge is 0.496 e. The van der Waals surface area contributed by atoms with Crippen molar-refractivity contribution in [3.63, 3.8) is 0 Å². The minimum Gasteiger partial charge on any atom is -0.496 e. The zero-order valence-electron chi connectivity index (χ0n) is 14.9. The minimum absolute atomic E-state index is 0.618. The zero-order valence-corrected chi connectivity index (χ0v) is 16.5. The van der Waals surface area contributed by atoms with E-state index < -0.39 is 0 Å². The monoisotopic (exact) mass is 418 g/mol. The summed E-state index contributed by atoms with van der Waals surface area (Å²) in [5.41, 5.74) is 2.35. The molecule has 5 nitrogen and oxygen atoms in total. The summed E-state index contributed by atoms with van der Waals surface area (Å²) in [6.45, 7) is 6.07. The number of anilines is 1. The van der Waals surface area contributed by atoms with Crippen LogP contribution in [0.2, 0.25) is 0 Å². The van der Waals surface area contributed by atoms with Crippen LogP contribution in [0.4, 0.5) is 5.69 Å². The van der Waals surface area contributed by atoms with Crippen molar-refractivity contribution in [2.24, 2.45) is 0 Å². The number of rotatable bonds is 4. The third kappa shape index (κ3) is 3.62. The highest BCUT2D eigenvalue weighted by atomic mass is 79.9. The molecule has 2 aromatic carbocycles. The quantitative estimate of drug-likeness (QED) is 0.758. The molecule has 6 heteroatoms. The van der Waals surface area contributed by atoms with Crippen LogP contribution in [0.25, 0.3) is 0 Å². The van der Waals surface area contributed by atoms with E-state index >= 15 is 0 Å². The summed E-state index contributed by atoms with van der Waals surface area (Å²) >= 11 is 3.56. The summed E-state index contributed by atoms with van der Waals surface area (Å²) in [6, 6.07) is 12.3. The normalized spacial score (nSPS) is 17.2. The Kier molecular flexibility index (Phi) is 5.22. The van der Waals surface area contributed by atoms with Crippen molar-refractivity contribution in [1.82, 2.24) is 4.90 Å². The van der Waals surface area contributed by atoms with Crippen LogP contribution in [0.15, 0.2) is 40.9 Å². The molecule has 26 heavy (non-hydrogen) atoms. The first-order valence-corrected chi connectivity index (χ1v) is 9.72. The first kappa shape index (κ1) is 17.5. The standard InChI is InChI=1S/C20H23BrN2O3/c1-24-18-6-5-16(21)13-15(18)14-22-7-9-23(10-8-22)17-3-2-4-19-20(17)26-12-11-25-19/h2-6,13H,7-12,14H2,1H3. The molecule has 138 valence electrons. The van der Waals surface area contributed by atoms with Crippen molar-refractivity contribution in [3.05, 3.63) is 46.4 Å². The lowest BCUT2D eigenvalue weighted by Crippen LogP contribution is -2.46. The lowest BCUT2D eigenvalue weighted by Gasteiger charge is -2.37. The number of nitrogens with zero attached hydrogens (tertiary/aromatic N) is 2. The number of benzene rings is 2. The molecule has 1 saturated heterocycles. The van der Waals surface area contributed by atoms with E-state index in [1.807, 2.05) is 24.3 Å². The van der Waals surface area contributed by atoms with Gasteiger partial charge in [0.15, 0.2) is 11.5 Å². The Bertz CT molecular complexity index is 776. The molecule has 0 unspecified atom stereocenters. The van der Waals surface area contributed by atoms with Gasteiger partial charge in [-0.1, -0.05) is 22.0 Å². The van der Waals surface area contributed by atoms with E-state index in [0.29, 0.717) is 13.2 Å². The Balaban J connectivity index is 1.43. The number of methoxy groups -OCH3 is 1. The van der Waals surface area contributed by atoms with Crippen LogP contribution >= 0.6 is 15.9 Å². The minimum atomic E-state index is 0.618. The Morgan fingerprint density at radius 3 is 2.65 bits per heavy atom. The number of ether oxygens (including phenoxy) is 3. The number of halogens is 1. The van der Waals surface area contributed by atoms with Gasteiger partial charge in [0, 0.05) is 42.8 Å². The number of fused-ring (bicyclic) bond motifs is 1. The number of hydrogen-bond donors (Lipinski definition) is 0. The third-order valence-electron chi connectivity index (χ3n) is 4.89. The van der Waals surface area contributed by atoms with E-state index in [2.05, 4.69) is 37.9 Å². The summed E-state index contributed by atoms with van der Waals surface area (Å²) in [4.78, 5) is 4.86. The smallest absolute Gasteiger partial charge is 0.184 e. The molecular formula is C20H23BrN2O3. The van der Waals surface area contributed by atoms with Crippen LogP contribution in [-0.4, -0.2) is 51.4 Å². The highest BCUT2D eigenvalue weighted by molar-refractivity contribution is 9.10. The predicted molar refractivity (Wildman–Crippen MR) is 106 cm³/mol. The molecule has 0 bridgehead atoms. The second-order valence-corrected chi connectivity index (χ2v) is 7.44. The predicted octanol–water partition coefficient (Wildman–Crippen LogP) is 3.55. The first-order valence-electron chi connectivity index (χ1n) is 8.93. The van der Waals surface area contributed by atoms with Crippen molar-refractivity contribution in [2.45, 2.75) is 6.54 Å². The Morgan fingerprint density at radius 1 is 1.04 bits per heavy atom. The van der Waals surface area contributed by atoms with Crippen LogP contribution in [-0.2, 0) is 6.54 Å². The molecule has 2 heterocycles. The molecule has 1 fully saturated rings. The number of piperazine rings is 1. The molecule has 0 aliphatic carbocycles. The van der Waals surface area contributed by atoms with Gasteiger partial charge in [-0.05, 0) is 30.3 Å². The fourth-order valence-corrected chi connectivity index (χ4v) is 3.97. The van der Waals surface area contributed by atoms with Crippen LogP contribution in [0.1, 0.15) is 5.56 Å². The van der Waals surface area contributed by atoms with Crippen molar-refractivity contribution in [1.29, 1.82) is 0 Å². The third-order valence-corrected chi connectivity index (χ3v) is 5.39. The van der Waals surface area contributed by atoms with Gasteiger partial charge in [-0.2, -0.15) is 0 Å². The SMILES string of the molecule is COc1ccc(Br)cc1CN1CCN(c2cccc3c2OCCO3)CC1. The highest BCUT2D eigenvalue weighted by Gasteiger charge is 2.24. The van der Waals surface area contributed by atoms with Crippen LogP contribution in [0, 0.1) is 0 Å². The van der Waals surface area contributed by atoms with Gasteiger partial charge in [0.1, 0.15) is 19.0 Å². The van der Waals surface area contributed by atoms with E-state index in [0.717, 1.165) is 60.1 Å². The molecule has 4 rings (SSSR count). The van der Waals surface area contributed by atoms with Crippen LogP contribution in [0.5, 0.6) is 17.2 Å². The number of hydrogen-bond acceptors (Lipinski definition) is 5. The van der Waals surface area contributed by atoms with Gasteiger partial charge >= 0.3 is 0 Å². The summed E-state index contributed by atoms with van der Waals surface area (Å²) in [6.07, 6.45) is 0. The van der Waals surface area contributed by atoms with Gasteiger partial charge < -0.3 is 19.1 Å². The Labute approximate surface area is 162 Å². The summed E-state index contributed by atoms with van der Waals surface area (Å²) in [7, 11) is 1.73. The molecule has 2 aliphatic heterocycles. The molecule has 0 radical (unpaired) electrons. The van der Waals surface area contributed by atoms with E-state index in [1.165, 1.54) is 5.56 Å². The maximum Gasteiger partial charge on any atom is 0.184 e. The summed E-state index contributed by atoms with van der Waals surface area (Å²) in [5.74, 6) is 2.69. The first-order chi connectivity index (χ1) is 12.7. The van der Waals surface area contributed by atoms with Gasteiger partial charge in [-0.25, -0.2) is 0 Å². The average Bonchev–Trinajstić information content (AvgIpc) is 2.68. The lowest BCUT2D eigenvalue weighted by atomic mass is 10.1. The lowest BCUT2D eigenvalue weighted by molar-refractivity contribution is 0.171. The molecule has 2 aliphatic rings. The van der Waals surface area contributed by atoms with Crippen molar-refractivity contribution in [3.8, 4) is 17.2 Å². The van der Waals surface area contributed by atoms with Crippen molar-refractivity contribution in [2.75, 3.05) is 51.4 Å². The fourth-order valence-electron chi connectivity index (χ4n) is 3.57. The number of para-hydroxylation sites is 1. The Hall–Kier alpha value is -1.92. The van der Waals surface area contributed by atoms with Crippen LogP contribution < -0.4 is 19.1 Å². The van der Waals surface area contributed by atoms with Gasteiger partial charge in [0.25, 0.3) is 0 Å². The van der Waals surface area contributed by atoms with Crippen molar-refractivity contribution < 1.29 is 14.2 Å². The average molecular weight is 419 g/mol. The van der Waals surface area contributed by atoms with E-state index in [4.69, 9.17) is 14.2 Å². The molecule has 0 saturated carbocycles. The molecule has 0 aromatic heterocycles. The Morgan fingerprint density at radius 2 is 1.85 bits per heavy atom. The van der Waals surface area contributed by atoms with Crippen molar-refractivity contribution >= 4 is 21.6 Å². The molecular weight excluding hydrogens is 396 g/mol. The fraction of sp³-hybridized carbons (Fsp3) is 0.400. The van der Waals surface area contributed by atoms with Gasteiger partial charge in [0.2, 0.25) is 0 Å². The summed E-state index contributed by atoms with van der Waals surface area (Å²) < 4.78 is 18.2. The second kappa shape index (κ2) is 7.76. The molecule has 0 amide bonds. The van der Waals surface area contributed by atoms with Gasteiger partial charge in [-0.3, -0.25) is 4.90 Å². The molecule has 0 spiro atoms. The second-order valence-electron chi connectivity index (χ2n) is 6.52. The van der Waals surface area contributed by atoms with Gasteiger partial charge in [0.05, 0.1) is 12.8 Å². The molecule has 0 N–H and O–H groups in total. The highest BCUT2D eigenvalue weighted by Crippen LogP contribution is 2.39. The van der Waals surface area contributed by atoms with Crippen LogP contribution in [0.3, 0.4) is 0 Å². The molecule has 2 aromatic rings. The maximum absolute atomic E-state index is 5.87. The summed E-state index contributed by atoms with van der Waals surface area (Å²) in [5, 5.41) is 0. The zero-order chi connectivity index (χ0) is 17.9.